The van der Waals surface area contributed by atoms with E-state index in [0.717, 1.165) is 5.56 Å². The average Bonchev–Trinajstić information content (AvgIpc) is 2.51. The van der Waals surface area contributed by atoms with E-state index in [4.69, 9.17) is 23.2 Å². The molecule has 0 saturated carbocycles. The predicted molar refractivity (Wildman–Crippen MR) is 88.3 cm³/mol. The molecule has 2 aromatic rings. The first kappa shape index (κ1) is 15.8. The van der Waals surface area contributed by atoms with E-state index in [-0.39, 0.29) is 21.5 Å². The first-order valence-electron chi connectivity index (χ1n) is 7.06. The standard InChI is InChI=1S/C17H13Cl2NO3/c18-13-8-12-11(15(19)14(13)17(22)23)6-7-20(16(12)21)9-10-4-2-1-3-5-10/h1-5,8H,6-7,9H2,(H,22,23). The number of fused-ring (bicyclic) bond motifs is 1. The predicted octanol–water partition coefficient (Wildman–Crippen LogP) is 3.89. The number of carbonyl (C=O) groups is 2. The summed E-state index contributed by atoms with van der Waals surface area (Å²) in [5, 5.41) is 9.24. The minimum absolute atomic E-state index is 0.0174. The van der Waals surface area contributed by atoms with Gasteiger partial charge in [0, 0.05) is 18.7 Å². The topological polar surface area (TPSA) is 57.6 Å². The summed E-state index contributed by atoms with van der Waals surface area (Å²) in [6.45, 7) is 0.982. The second-order valence-corrected chi connectivity index (χ2v) is 6.13. The number of carboxylic acid groups (broad SMARTS) is 1. The third-order valence-corrected chi connectivity index (χ3v) is 4.61. The molecule has 1 aliphatic rings. The summed E-state index contributed by atoms with van der Waals surface area (Å²) in [6.07, 6.45) is 0.504. The van der Waals surface area contributed by atoms with Crippen LogP contribution in [0, 0.1) is 0 Å². The van der Waals surface area contributed by atoms with Gasteiger partial charge in [-0.05, 0) is 23.6 Å². The molecule has 1 amide bonds. The lowest BCUT2D eigenvalue weighted by Crippen LogP contribution is -2.37. The monoisotopic (exact) mass is 349 g/mol. The number of carboxylic acids is 1. The summed E-state index contributed by atoms with van der Waals surface area (Å²) in [4.78, 5) is 25.6. The van der Waals surface area contributed by atoms with Crippen LogP contribution in [0.15, 0.2) is 36.4 Å². The van der Waals surface area contributed by atoms with Gasteiger partial charge in [-0.25, -0.2) is 4.79 Å². The maximum atomic E-state index is 12.7. The van der Waals surface area contributed by atoms with Crippen molar-refractivity contribution < 1.29 is 14.7 Å². The van der Waals surface area contributed by atoms with Gasteiger partial charge in [-0.1, -0.05) is 53.5 Å². The van der Waals surface area contributed by atoms with Gasteiger partial charge in [0.1, 0.15) is 0 Å². The largest absolute Gasteiger partial charge is 0.478 e. The number of halogens is 2. The second-order valence-electron chi connectivity index (χ2n) is 5.34. The van der Waals surface area contributed by atoms with Gasteiger partial charge in [-0.3, -0.25) is 4.79 Å². The van der Waals surface area contributed by atoms with E-state index in [1.807, 2.05) is 30.3 Å². The van der Waals surface area contributed by atoms with E-state index in [1.165, 1.54) is 6.07 Å². The third kappa shape index (κ3) is 2.92. The van der Waals surface area contributed by atoms with Crippen LogP contribution in [-0.4, -0.2) is 28.4 Å². The summed E-state index contributed by atoms with van der Waals surface area (Å²) in [5.41, 5.74) is 1.83. The lowest BCUT2D eigenvalue weighted by Gasteiger charge is -2.29. The second kappa shape index (κ2) is 6.22. The van der Waals surface area contributed by atoms with Crippen LogP contribution in [0.4, 0.5) is 0 Å². The zero-order valence-corrected chi connectivity index (χ0v) is 13.6. The summed E-state index contributed by atoms with van der Waals surface area (Å²) < 4.78 is 0. The van der Waals surface area contributed by atoms with Crippen LogP contribution in [0.5, 0.6) is 0 Å². The van der Waals surface area contributed by atoms with E-state index in [9.17, 15) is 14.7 Å². The summed E-state index contributed by atoms with van der Waals surface area (Å²) in [5.74, 6) is -1.38. The van der Waals surface area contributed by atoms with Crippen LogP contribution in [-0.2, 0) is 13.0 Å². The van der Waals surface area contributed by atoms with E-state index >= 15 is 0 Å². The molecule has 0 atom stereocenters. The molecule has 0 radical (unpaired) electrons. The number of carbonyl (C=O) groups excluding carboxylic acids is 1. The summed E-state index contributed by atoms with van der Waals surface area (Å²) in [7, 11) is 0. The molecule has 0 bridgehead atoms. The van der Waals surface area contributed by atoms with Crippen molar-refractivity contribution in [1.29, 1.82) is 0 Å². The fourth-order valence-corrected chi connectivity index (χ4v) is 3.48. The fourth-order valence-electron chi connectivity index (χ4n) is 2.76. The van der Waals surface area contributed by atoms with Crippen molar-refractivity contribution in [2.45, 2.75) is 13.0 Å². The molecular weight excluding hydrogens is 337 g/mol. The molecular formula is C17H13Cl2NO3. The van der Waals surface area contributed by atoms with Gasteiger partial charge in [-0.15, -0.1) is 0 Å². The highest BCUT2D eigenvalue weighted by atomic mass is 35.5. The van der Waals surface area contributed by atoms with Crippen LogP contribution < -0.4 is 0 Å². The fraction of sp³-hybridized carbons (Fsp3) is 0.176. The number of amides is 1. The molecule has 1 aliphatic heterocycles. The molecule has 1 heterocycles. The maximum Gasteiger partial charge on any atom is 0.338 e. The minimum Gasteiger partial charge on any atom is -0.478 e. The normalized spacial score (nSPS) is 13.8. The van der Waals surface area contributed by atoms with Gasteiger partial charge in [-0.2, -0.15) is 0 Å². The highest BCUT2D eigenvalue weighted by Crippen LogP contribution is 2.34. The van der Waals surface area contributed by atoms with Crippen LogP contribution in [0.2, 0.25) is 10.0 Å². The van der Waals surface area contributed by atoms with Crippen molar-refractivity contribution in [1.82, 2.24) is 4.90 Å². The quantitative estimate of drug-likeness (QED) is 0.914. The zero-order valence-electron chi connectivity index (χ0n) is 12.1. The lowest BCUT2D eigenvalue weighted by molar-refractivity contribution is 0.0690. The molecule has 1 N–H and O–H groups in total. The first-order chi connectivity index (χ1) is 11.0. The lowest BCUT2D eigenvalue weighted by atomic mass is 9.95. The van der Waals surface area contributed by atoms with Gasteiger partial charge in [0.05, 0.1) is 15.6 Å². The number of benzene rings is 2. The SMILES string of the molecule is O=C(O)c1c(Cl)cc2c(c1Cl)CCN(Cc1ccccc1)C2=O. The van der Waals surface area contributed by atoms with Crippen LogP contribution in [0.3, 0.4) is 0 Å². The third-order valence-electron chi connectivity index (χ3n) is 3.90. The molecule has 0 aromatic heterocycles. The Balaban J connectivity index is 1.96. The molecule has 0 aliphatic carbocycles. The Kier molecular flexibility index (Phi) is 4.28. The Morgan fingerprint density at radius 3 is 2.57 bits per heavy atom. The van der Waals surface area contributed by atoms with Crippen molar-refractivity contribution >= 4 is 35.1 Å². The van der Waals surface area contributed by atoms with Crippen molar-refractivity contribution in [3.8, 4) is 0 Å². The first-order valence-corrected chi connectivity index (χ1v) is 7.82. The smallest absolute Gasteiger partial charge is 0.338 e. The maximum absolute atomic E-state index is 12.7. The number of rotatable bonds is 3. The van der Waals surface area contributed by atoms with Gasteiger partial charge < -0.3 is 10.0 Å². The minimum atomic E-state index is -1.19. The van der Waals surface area contributed by atoms with E-state index in [1.54, 1.807) is 4.90 Å². The molecule has 23 heavy (non-hydrogen) atoms. The molecule has 0 fully saturated rings. The van der Waals surface area contributed by atoms with Gasteiger partial charge in [0.2, 0.25) is 0 Å². The van der Waals surface area contributed by atoms with Crippen molar-refractivity contribution in [2.75, 3.05) is 6.54 Å². The van der Waals surface area contributed by atoms with E-state index < -0.39 is 5.97 Å². The molecule has 6 heteroatoms. The van der Waals surface area contributed by atoms with Gasteiger partial charge in [0.25, 0.3) is 5.91 Å². The van der Waals surface area contributed by atoms with E-state index in [2.05, 4.69) is 0 Å². The molecule has 2 aromatic carbocycles. The molecule has 0 saturated heterocycles. The molecule has 3 rings (SSSR count). The van der Waals surface area contributed by atoms with Gasteiger partial charge in [0.15, 0.2) is 0 Å². The number of nitrogens with zero attached hydrogens (tertiary/aromatic N) is 1. The molecule has 118 valence electrons. The number of hydrogen-bond acceptors (Lipinski definition) is 2. The Hall–Kier alpha value is -2.04. The Bertz CT molecular complexity index is 790. The molecule has 0 unspecified atom stereocenters. The highest BCUT2D eigenvalue weighted by Gasteiger charge is 2.30. The van der Waals surface area contributed by atoms with Crippen molar-refractivity contribution in [2.24, 2.45) is 0 Å². The molecule has 0 spiro atoms. The summed E-state index contributed by atoms with van der Waals surface area (Å²) in [6, 6.07) is 11.1. The van der Waals surface area contributed by atoms with Crippen molar-refractivity contribution in [3.05, 3.63) is 68.7 Å². The van der Waals surface area contributed by atoms with Crippen molar-refractivity contribution in [3.63, 3.8) is 0 Å². The summed E-state index contributed by atoms with van der Waals surface area (Å²) >= 11 is 12.2. The number of hydrogen-bond donors (Lipinski definition) is 1. The molecule has 4 nitrogen and oxygen atoms in total. The van der Waals surface area contributed by atoms with E-state index in [0.29, 0.717) is 30.6 Å². The van der Waals surface area contributed by atoms with Crippen LogP contribution >= 0.6 is 23.2 Å². The average molecular weight is 350 g/mol. The highest BCUT2D eigenvalue weighted by molar-refractivity contribution is 6.40. The Morgan fingerprint density at radius 2 is 1.91 bits per heavy atom. The van der Waals surface area contributed by atoms with Crippen LogP contribution in [0.1, 0.15) is 31.8 Å². The Labute approximate surface area is 143 Å². The van der Waals surface area contributed by atoms with Crippen LogP contribution in [0.25, 0.3) is 0 Å². The Morgan fingerprint density at radius 1 is 1.22 bits per heavy atom. The van der Waals surface area contributed by atoms with Gasteiger partial charge >= 0.3 is 5.97 Å². The number of aromatic carboxylic acids is 1. The zero-order chi connectivity index (χ0) is 16.6.